The first-order valence-corrected chi connectivity index (χ1v) is 14.1. The SMILES string of the molecule is COC1O[C@@H](COCc2ccccc2)[C@@H](OCc2ccccc2)[C@@H](OCc2ccccc2)[C@@H]1OCc1ccccc1. The van der Waals surface area contributed by atoms with E-state index in [1.54, 1.807) is 7.11 Å². The fourth-order valence-corrected chi connectivity index (χ4v) is 4.94. The van der Waals surface area contributed by atoms with E-state index in [1.807, 2.05) is 121 Å². The molecule has 1 saturated heterocycles. The van der Waals surface area contributed by atoms with Gasteiger partial charge in [0, 0.05) is 7.11 Å². The molecule has 1 heterocycles. The standard InChI is InChI=1S/C35H38O6/c1-36-35-34(40-25-30-20-12-5-13-21-30)33(39-24-29-18-10-4-11-19-29)32(38-23-28-16-8-3-9-17-28)31(41-35)26-37-22-27-14-6-2-7-15-27/h2-21,31-35H,22-26H2,1H3/t31-,32+,33+,34-,35?/m0/s1. The predicted octanol–water partition coefficient (Wildman–Crippen LogP) is 6.33. The maximum atomic E-state index is 6.63. The lowest BCUT2D eigenvalue weighted by Gasteiger charge is -2.45. The van der Waals surface area contributed by atoms with Gasteiger partial charge in [-0.1, -0.05) is 121 Å². The second-order valence-electron chi connectivity index (χ2n) is 10.1. The predicted molar refractivity (Wildman–Crippen MR) is 157 cm³/mol. The molecule has 6 nitrogen and oxygen atoms in total. The minimum atomic E-state index is -0.665. The molecule has 4 aromatic rings. The third kappa shape index (κ3) is 8.57. The third-order valence-electron chi connectivity index (χ3n) is 7.07. The van der Waals surface area contributed by atoms with Crippen LogP contribution in [0.1, 0.15) is 22.3 Å². The molecule has 0 spiro atoms. The highest BCUT2D eigenvalue weighted by Crippen LogP contribution is 2.31. The zero-order valence-electron chi connectivity index (χ0n) is 23.4. The van der Waals surface area contributed by atoms with E-state index in [4.69, 9.17) is 28.4 Å². The summed E-state index contributed by atoms with van der Waals surface area (Å²) in [6, 6.07) is 40.4. The number of rotatable bonds is 14. The molecule has 214 valence electrons. The number of ether oxygens (including phenoxy) is 6. The Morgan fingerprint density at radius 3 is 1.32 bits per heavy atom. The highest BCUT2D eigenvalue weighted by atomic mass is 16.7. The molecule has 41 heavy (non-hydrogen) atoms. The Morgan fingerprint density at radius 2 is 0.878 bits per heavy atom. The molecule has 1 fully saturated rings. The fourth-order valence-electron chi connectivity index (χ4n) is 4.94. The van der Waals surface area contributed by atoms with Crippen LogP contribution in [0.5, 0.6) is 0 Å². The van der Waals surface area contributed by atoms with Crippen molar-refractivity contribution in [1.29, 1.82) is 0 Å². The molecule has 4 aromatic carbocycles. The lowest BCUT2D eigenvalue weighted by molar-refractivity contribution is -0.323. The van der Waals surface area contributed by atoms with Crippen LogP contribution in [0.15, 0.2) is 121 Å². The van der Waals surface area contributed by atoms with E-state index in [2.05, 4.69) is 0 Å². The topological polar surface area (TPSA) is 55.4 Å². The van der Waals surface area contributed by atoms with E-state index in [-0.39, 0.29) is 0 Å². The molecule has 0 aliphatic carbocycles. The minimum Gasteiger partial charge on any atom is -0.374 e. The maximum Gasteiger partial charge on any atom is 0.186 e. The van der Waals surface area contributed by atoms with Crippen LogP contribution < -0.4 is 0 Å². The normalized spacial score (nSPS) is 22.4. The van der Waals surface area contributed by atoms with E-state index in [0.717, 1.165) is 22.3 Å². The van der Waals surface area contributed by atoms with Crippen molar-refractivity contribution in [3.05, 3.63) is 144 Å². The van der Waals surface area contributed by atoms with Crippen molar-refractivity contribution in [3.63, 3.8) is 0 Å². The fraction of sp³-hybridized carbons (Fsp3) is 0.314. The summed E-state index contributed by atoms with van der Waals surface area (Å²) in [5.74, 6) is 0. The minimum absolute atomic E-state index is 0.310. The van der Waals surface area contributed by atoms with E-state index in [1.165, 1.54) is 0 Å². The van der Waals surface area contributed by atoms with Gasteiger partial charge in [-0.15, -0.1) is 0 Å². The van der Waals surface area contributed by atoms with Gasteiger partial charge in [0.15, 0.2) is 6.29 Å². The average molecular weight is 555 g/mol. The third-order valence-corrected chi connectivity index (χ3v) is 7.07. The summed E-state index contributed by atoms with van der Waals surface area (Å²) in [6.45, 7) is 1.97. The first-order chi connectivity index (χ1) is 20.3. The summed E-state index contributed by atoms with van der Waals surface area (Å²) >= 11 is 0. The molecule has 0 bridgehead atoms. The number of hydrogen-bond donors (Lipinski definition) is 0. The summed E-state index contributed by atoms with van der Waals surface area (Å²) in [5.41, 5.74) is 4.27. The molecule has 1 aliphatic heterocycles. The molecular formula is C35H38O6. The molecule has 0 aromatic heterocycles. The number of hydrogen-bond acceptors (Lipinski definition) is 6. The van der Waals surface area contributed by atoms with Gasteiger partial charge in [-0.3, -0.25) is 0 Å². The van der Waals surface area contributed by atoms with Crippen molar-refractivity contribution in [2.24, 2.45) is 0 Å². The highest BCUT2D eigenvalue weighted by molar-refractivity contribution is 5.16. The van der Waals surface area contributed by atoms with Crippen molar-refractivity contribution < 1.29 is 28.4 Å². The van der Waals surface area contributed by atoms with Crippen molar-refractivity contribution in [2.75, 3.05) is 13.7 Å². The Labute approximate surface area is 242 Å². The van der Waals surface area contributed by atoms with Crippen molar-refractivity contribution >= 4 is 0 Å². The first kappa shape index (κ1) is 29.1. The Morgan fingerprint density at radius 1 is 0.488 bits per heavy atom. The second-order valence-corrected chi connectivity index (χ2v) is 10.1. The van der Waals surface area contributed by atoms with Crippen LogP contribution in [0.2, 0.25) is 0 Å². The molecule has 0 radical (unpaired) electrons. The number of benzene rings is 4. The van der Waals surface area contributed by atoms with E-state index in [0.29, 0.717) is 33.0 Å². The Kier molecular flexibility index (Phi) is 11.1. The van der Waals surface area contributed by atoms with Gasteiger partial charge in [0.2, 0.25) is 0 Å². The van der Waals surface area contributed by atoms with Crippen LogP contribution in [0.3, 0.4) is 0 Å². The van der Waals surface area contributed by atoms with Gasteiger partial charge in [-0.2, -0.15) is 0 Å². The van der Waals surface area contributed by atoms with Crippen molar-refractivity contribution in [3.8, 4) is 0 Å². The monoisotopic (exact) mass is 554 g/mol. The van der Waals surface area contributed by atoms with Gasteiger partial charge in [0.1, 0.15) is 24.4 Å². The van der Waals surface area contributed by atoms with Crippen LogP contribution in [-0.4, -0.2) is 44.4 Å². The molecule has 0 amide bonds. The summed E-state index contributed by atoms with van der Waals surface area (Å²) in [7, 11) is 1.63. The first-order valence-electron chi connectivity index (χ1n) is 14.1. The Balaban J connectivity index is 1.38. The molecule has 0 saturated carbocycles. The van der Waals surface area contributed by atoms with Gasteiger partial charge in [0.05, 0.1) is 33.0 Å². The summed E-state index contributed by atoms with van der Waals surface area (Å²) in [6.07, 6.45) is -2.59. The van der Waals surface area contributed by atoms with Crippen LogP contribution >= 0.6 is 0 Å². The zero-order valence-corrected chi connectivity index (χ0v) is 23.4. The van der Waals surface area contributed by atoms with E-state index < -0.39 is 30.7 Å². The molecule has 0 N–H and O–H groups in total. The van der Waals surface area contributed by atoms with Crippen LogP contribution in [-0.2, 0) is 54.8 Å². The van der Waals surface area contributed by atoms with Gasteiger partial charge in [0.25, 0.3) is 0 Å². The lowest BCUT2D eigenvalue weighted by atomic mass is 9.97. The second kappa shape index (κ2) is 15.6. The quantitative estimate of drug-likeness (QED) is 0.182. The molecule has 1 aliphatic rings. The smallest absolute Gasteiger partial charge is 0.186 e. The van der Waals surface area contributed by atoms with E-state index in [9.17, 15) is 0 Å². The maximum absolute atomic E-state index is 6.63. The summed E-state index contributed by atoms with van der Waals surface area (Å²) in [5, 5.41) is 0. The highest BCUT2D eigenvalue weighted by Gasteiger charge is 2.48. The van der Waals surface area contributed by atoms with Crippen LogP contribution in [0, 0.1) is 0 Å². The van der Waals surface area contributed by atoms with Gasteiger partial charge >= 0.3 is 0 Å². The largest absolute Gasteiger partial charge is 0.374 e. The summed E-state index contributed by atoms with van der Waals surface area (Å²) < 4.78 is 38.2. The zero-order chi connectivity index (χ0) is 28.1. The molecule has 1 unspecified atom stereocenters. The van der Waals surface area contributed by atoms with Gasteiger partial charge in [-0.05, 0) is 22.3 Å². The van der Waals surface area contributed by atoms with Crippen molar-refractivity contribution in [2.45, 2.75) is 57.1 Å². The Bertz CT molecular complexity index is 1260. The van der Waals surface area contributed by atoms with Crippen molar-refractivity contribution in [1.82, 2.24) is 0 Å². The number of methoxy groups -OCH3 is 1. The Hall–Kier alpha value is -3.36. The van der Waals surface area contributed by atoms with Gasteiger partial charge in [-0.25, -0.2) is 0 Å². The molecule has 5 atom stereocenters. The average Bonchev–Trinajstić information content (AvgIpc) is 3.04. The molecular weight excluding hydrogens is 516 g/mol. The van der Waals surface area contributed by atoms with Crippen LogP contribution in [0.25, 0.3) is 0 Å². The molecule has 5 rings (SSSR count). The van der Waals surface area contributed by atoms with E-state index >= 15 is 0 Å². The van der Waals surface area contributed by atoms with Crippen LogP contribution in [0.4, 0.5) is 0 Å². The lowest BCUT2D eigenvalue weighted by Crippen LogP contribution is -2.61. The molecule has 6 heteroatoms. The van der Waals surface area contributed by atoms with Gasteiger partial charge < -0.3 is 28.4 Å². The summed E-state index contributed by atoms with van der Waals surface area (Å²) in [4.78, 5) is 0.